The van der Waals surface area contributed by atoms with Gasteiger partial charge >= 0.3 is 0 Å². The summed E-state index contributed by atoms with van der Waals surface area (Å²) >= 11 is 1.86. The van der Waals surface area contributed by atoms with Gasteiger partial charge in [-0.15, -0.1) is 11.3 Å². The molecule has 3 rings (SSSR count). The smallest absolute Gasteiger partial charge is 0.216 e. The Balaban J connectivity index is 1.74. The Morgan fingerprint density at radius 1 is 1.37 bits per heavy atom. The van der Waals surface area contributed by atoms with Gasteiger partial charge in [0.05, 0.1) is 7.11 Å². The van der Waals surface area contributed by atoms with Crippen LogP contribution in [0.1, 0.15) is 33.5 Å². The highest BCUT2D eigenvalue weighted by Crippen LogP contribution is 2.33. The first-order valence-electron chi connectivity index (χ1n) is 6.48. The second-order valence-corrected chi connectivity index (χ2v) is 5.98. The maximum Gasteiger partial charge on any atom is 0.216 e. The number of nitrogens with zero attached hydrogens (tertiary/aromatic N) is 2. The van der Waals surface area contributed by atoms with Crippen molar-refractivity contribution in [2.45, 2.75) is 31.7 Å². The van der Waals surface area contributed by atoms with E-state index in [0.717, 1.165) is 12.1 Å². The summed E-state index contributed by atoms with van der Waals surface area (Å²) in [6, 6.07) is 4.13. The van der Waals surface area contributed by atoms with Crippen LogP contribution in [0, 0.1) is 0 Å². The van der Waals surface area contributed by atoms with Gasteiger partial charge in [-0.3, -0.25) is 0 Å². The molecular formula is C14H17N3OS. The van der Waals surface area contributed by atoms with E-state index >= 15 is 0 Å². The number of hydrogen-bond donors (Lipinski definition) is 1. The van der Waals surface area contributed by atoms with Crippen molar-refractivity contribution in [2.24, 2.45) is 5.73 Å². The van der Waals surface area contributed by atoms with Crippen molar-refractivity contribution >= 4 is 11.3 Å². The molecule has 1 aliphatic carbocycles. The number of nitrogens with two attached hydrogens (primary N) is 1. The molecule has 1 aliphatic rings. The first kappa shape index (κ1) is 12.6. The summed E-state index contributed by atoms with van der Waals surface area (Å²) in [7, 11) is 1.61. The van der Waals surface area contributed by atoms with Gasteiger partial charge in [0.15, 0.2) is 0 Å². The van der Waals surface area contributed by atoms with Crippen LogP contribution in [0.3, 0.4) is 0 Å². The summed E-state index contributed by atoms with van der Waals surface area (Å²) in [5, 5.41) is 0. The number of aryl methyl sites for hydroxylation is 2. The lowest BCUT2D eigenvalue weighted by molar-refractivity contribution is 0.395. The predicted molar refractivity (Wildman–Crippen MR) is 75.6 cm³/mol. The highest BCUT2D eigenvalue weighted by molar-refractivity contribution is 7.12. The van der Waals surface area contributed by atoms with Crippen LogP contribution in [0.15, 0.2) is 18.5 Å². The van der Waals surface area contributed by atoms with Crippen LogP contribution < -0.4 is 10.5 Å². The first-order chi connectivity index (χ1) is 9.26. The van der Waals surface area contributed by atoms with Crippen LogP contribution in [-0.4, -0.2) is 17.1 Å². The minimum absolute atomic E-state index is 0.00945. The van der Waals surface area contributed by atoms with Gasteiger partial charge in [0.25, 0.3) is 0 Å². The van der Waals surface area contributed by atoms with E-state index in [1.807, 2.05) is 17.4 Å². The zero-order valence-electron chi connectivity index (χ0n) is 10.9. The van der Waals surface area contributed by atoms with E-state index in [0.29, 0.717) is 5.88 Å². The van der Waals surface area contributed by atoms with Crippen LogP contribution in [0.4, 0.5) is 0 Å². The quantitative estimate of drug-likeness (QED) is 0.930. The van der Waals surface area contributed by atoms with E-state index in [2.05, 4.69) is 16.0 Å². The third kappa shape index (κ3) is 2.62. The van der Waals surface area contributed by atoms with E-state index in [1.54, 1.807) is 7.11 Å². The number of hydrogen-bond acceptors (Lipinski definition) is 5. The Morgan fingerprint density at radius 3 is 3.05 bits per heavy atom. The van der Waals surface area contributed by atoms with Gasteiger partial charge < -0.3 is 10.5 Å². The molecule has 2 aromatic rings. The molecule has 19 heavy (non-hydrogen) atoms. The van der Waals surface area contributed by atoms with Crippen molar-refractivity contribution in [3.63, 3.8) is 0 Å². The second-order valence-electron chi connectivity index (χ2n) is 4.81. The van der Waals surface area contributed by atoms with E-state index in [9.17, 15) is 0 Å². The molecule has 0 saturated carbocycles. The molecule has 0 amide bonds. The minimum Gasteiger partial charge on any atom is -0.481 e. The second kappa shape index (κ2) is 5.27. The molecule has 0 radical (unpaired) electrons. The molecular weight excluding hydrogens is 258 g/mol. The zero-order chi connectivity index (χ0) is 13.2. The molecule has 2 heterocycles. The Labute approximate surface area is 116 Å². The molecule has 2 N–H and O–H groups in total. The van der Waals surface area contributed by atoms with Crippen molar-refractivity contribution in [3.8, 4) is 5.88 Å². The van der Waals surface area contributed by atoms with Crippen LogP contribution >= 0.6 is 11.3 Å². The maximum absolute atomic E-state index is 6.29. The molecule has 0 fully saturated rings. The van der Waals surface area contributed by atoms with Gasteiger partial charge in [0.2, 0.25) is 5.88 Å². The van der Waals surface area contributed by atoms with Gasteiger partial charge in [-0.2, -0.15) is 0 Å². The van der Waals surface area contributed by atoms with Crippen LogP contribution in [0.5, 0.6) is 5.88 Å². The molecule has 4 nitrogen and oxygen atoms in total. The number of methoxy groups -OCH3 is 1. The van der Waals surface area contributed by atoms with Crippen molar-refractivity contribution in [1.82, 2.24) is 9.97 Å². The highest BCUT2D eigenvalue weighted by Gasteiger charge is 2.18. The SMILES string of the molecule is COc1cc(CC(N)c2cc3c(s2)CCC3)ncn1. The topological polar surface area (TPSA) is 61.0 Å². The lowest BCUT2D eigenvalue weighted by Gasteiger charge is -2.09. The summed E-state index contributed by atoms with van der Waals surface area (Å²) in [6.07, 6.45) is 5.96. The Bertz CT molecular complexity index is 560. The standard InChI is InChI=1S/C14H17N3OS/c1-18-14-7-10(16-8-17-14)6-11(15)13-5-9-3-2-4-12(9)19-13/h5,7-8,11H,2-4,6,15H2,1H3. The molecule has 1 atom stereocenters. The lowest BCUT2D eigenvalue weighted by atomic mass is 10.1. The van der Waals surface area contributed by atoms with E-state index in [4.69, 9.17) is 10.5 Å². The number of ether oxygens (including phenoxy) is 1. The number of thiophene rings is 1. The lowest BCUT2D eigenvalue weighted by Crippen LogP contribution is -2.13. The molecule has 0 bridgehead atoms. The average Bonchev–Trinajstić information content (AvgIpc) is 2.99. The van der Waals surface area contributed by atoms with Crippen molar-refractivity contribution in [1.29, 1.82) is 0 Å². The normalized spacial score (nSPS) is 15.3. The summed E-state index contributed by atoms with van der Waals surface area (Å²) in [5.41, 5.74) is 8.71. The number of rotatable bonds is 4. The molecule has 0 aliphatic heterocycles. The third-order valence-corrected chi connectivity index (χ3v) is 4.84. The average molecular weight is 275 g/mol. The minimum atomic E-state index is 0.00945. The van der Waals surface area contributed by atoms with Crippen LogP contribution in [0.2, 0.25) is 0 Å². The molecule has 0 spiro atoms. The molecule has 2 aromatic heterocycles. The Morgan fingerprint density at radius 2 is 2.26 bits per heavy atom. The fourth-order valence-corrected chi connectivity index (χ4v) is 3.72. The molecule has 0 aromatic carbocycles. The summed E-state index contributed by atoms with van der Waals surface area (Å²) in [5.74, 6) is 0.589. The Hall–Kier alpha value is -1.46. The molecule has 1 unspecified atom stereocenters. The molecule has 5 heteroatoms. The predicted octanol–water partition coefficient (Wildman–Crippen LogP) is 2.28. The van der Waals surface area contributed by atoms with E-state index < -0.39 is 0 Å². The van der Waals surface area contributed by atoms with E-state index in [-0.39, 0.29) is 6.04 Å². The van der Waals surface area contributed by atoms with Crippen molar-refractivity contribution in [3.05, 3.63) is 39.5 Å². The summed E-state index contributed by atoms with van der Waals surface area (Å²) < 4.78 is 5.10. The molecule has 100 valence electrons. The van der Waals surface area contributed by atoms with Crippen LogP contribution in [0.25, 0.3) is 0 Å². The van der Waals surface area contributed by atoms with Gasteiger partial charge in [-0.1, -0.05) is 0 Å². The van der Waals surface area contributed by atoms with Crippen molar-refractivity contribution in [2.75, 3.05) is 7.11 Å². The van der Waals surface area contributed by atoms with E-state index in [1.165, 1.54) is 40.9 Å². The number of fused-ring (bicyclic) bond motifs is 1. The first-order valence-corrected chi connectivity index (χ1v) is 7.30. The fourth-order valence-electron chi connectivity index (χ4n) is 2.46. The summed E-state index contributed by atoms with van der Waals surface area (Å²) in [4.78, 5) is 11.0. The van der Waals surface area contributed by atoms with Gasteiger partial charge in [-0.25, -0.2) is 9.97 Å². The van der Waals surface area contributed by atoms with Gasteiger partial charge in [0.1, 0.15) is 6.33 Å². The van der Waals surface area contributed by atoms with Crippen molar-refractivity contribution < 1.29 is 4.74 Å². The van der Waals surface area contributed by atoms with Gasteiger partial charge in [0, 0.05) is 34.0 Å². The maximum atomic E-state index is 6.29. The molecule has 0 saturated heterocycles. The summed E-state index contributed by atoms with van der Waals surface area (Å²) in [6.45, 7) is 0. The monoisotopic (exact) mass is 275 g/mol. The fraction of sp³-hybridized carbons (Fsp3) is 0.429. The largest absolute Gasteiger partial charge is 0.481 e. The van der Waals surface area contributed by atoms with Crippen LogP contribution in [-0.2, 0) is 19.3 Å². The third-order valence-electron chi connectivity index (χ3n) is 3.47. The zero-order valence-corrected chi connectivity index (χ0v) is 11.7. The number of aromatic nitrogens is 2. The highest BCUT2D eigenvalue weighted by atomic mass is 32.1. The Kier molecular flexibility index (Phi) is 3.48. The van der Waals surface area contributed by atoms with Gasteiger partial charge in [-0.05, 0) is 30.9 Å².